The van der Waals surface area contributed by atoms with E-state index < -0.39 is 0 Å². The summed E-state index contributed by atoms with van der Waals surface area (Å²) < 4.78 is 17.3. The summed E-state index contributed by atoms with van der Waals surface area (Å²) in [5, 5.41) is 4.19. The van der Waals surface area contributed by atoms with E-state index in [0.717, 1.165) is 28.1 Å². The first-order valence-electron chi connectivity index (χ1n) is 6.67. The molecule has 20 heavy (non-hydrogen) atoms. The molecule has 0 bridgehead atoms. The van der Waals surface area contributed by atoms with Gasteiger partial charge in [-0.1, -0.05) is 25.1 Å². The molecule has 0 radical (unpaired) electrons. The topological polar surface area (TPSA) is 44.5 Å². The average Bonchev–Trinajstić information content (AvgIpc) is 2.85. The second-order valence-corrected chi connectivity index (χ2v) is 6.13. The molecule has 5 heteroatoms. The first kappa shape index (κ1) is 15.3. The van der Waals surface area contributed by atoms with Crippen LogP contribution in [0.5, 0.6) is 0 Å². The van der Waals surface area contributed by atoms with Crippen LogP contribution < -0.4 is 0 Å². The van der Waals surface area contributed by atoms with Gasteiger partial charge in [0.2, 0.25) is 0 Å². The van der Waals surface area contributed by atoms with Gasteiger partial charge in [-0.05, 0) is 27.9 Å². The van der Waals surface area contributed by atoms with Crippen molar-refractivity contribution in [3.05, 3.63) is 39.9 Å². The second-order valence-electron chi connectivity index (χ2n) is 5.27. The number of hydrogen-bond donors (Lipinski definition) is 0. The van der Waals surface area contributed by atoms with E-state index >= 15 is 0 Å². The molecule has 0 N–H and O–H groups in total. The largest absolute Gasteiger partial charge is 0.497 e. The van der Waals surface area contributed by atoms with Crippen LogP contribution in [0.3, 0.4) is 0 Å². The van der Waals surface area contributed by atoms with Gasteiger partial charge in [0.15, 0.2) is 0 Å². The number of halogens is 1. The Morgan fingerprint density at radius 2 is 2.15 bits per heavy atom. The Labute approximate surface area is 127 Å². The van der Waals surface area contributed by atoms with Gasteiger partial charge in [-0.25, -0.2) is 0 Å². The summed E-state index contributed by atoms with van der Waals surface area (Å²) in [4.78, 5) is 0. The minimum absolute atomic E-state index is 0.000845. The molecule has 1 aromatic heterocycles. The van der Waals surface area contributed by atoms with Crippen molar-refractivity contribution in [1.82, 2.24) is 5.16 Å². The van der Waals surface area contributed by atoms with Gasteiger partial charge >= 0.3 is 0 Å². The van der Waals surface area contributed by atoms with Crippen molar-refractivity contribution in [3.8, 4) is 0 Å². The standard InChI is InChI=1S/C15H20BrNO3/c1-9(2)7-10-8-13(17-20-10)11-5-6-12(16)15(19-4)14(11)18-3/h5-6,8-9,11,14H,7H2,1-4H3. The van der Waals surface area contributed by atoms with Crippen molar-refractivity contribution in [1.29, 1.82) is 0 Å². The van der Waals surface area contributed by atoms with Crippen LogP contribution in [0.15, 0.2) is 33.0 Å². The predicted molar refractivity (Wildman–Crippen MR) is 80.7 cm³/mol. The summed E-state index contributed by atoms with van der Waals surface area (Å²) >= 11 is 3.48. The van der Waals surface area contributed by atoms with Crippen LogP contribution in [0.25, 0.3) is 0 Å². The molecular formula is C15H20BrNO3. The second kappa shape index (κ2) is 6.59. The highest BCUT2D eigenvalue weighted by Gasteiger charge is 2.32. The van der Waals surface area contributed by atoms with E-state index in [4.69, 9.17) is 14.0 Å². The molecular weight excluding hydrogens is 322 g/mol. The van der Waals surface area contributed by atoms with Crippen LogP contribution in [0.4, 0.5) is 0 Å². The van der Waals surface area contributed by atoms with Crippen LogP contribution >= 0.6 is 15.9 Å². The number of hydrogen-bond acceptors (Lipinski definition) is 4. The molecule has 2 unspecified atom stereocenters. The summed E-state index contributed by atoms with van der Waals surface area (Å²) in [6.45, 7) is 4.31. The van der Waals surface area contributed by atoms with Gasteiger partial charge in [0.05, 0.1) is 23.2 Å². The minimum Gasteiger partial charge on any atom is -0.497 e. The number of rotatable bonds is 5. The highest BCUT2D eigenvalue weighted by atomic mass is 79.9. The molecule has 0 fully saturated rings. The van der Waals surface area contributed by atoms with E-state index in [0.29, 0.717) is 5.92 Å². The summed E-state index contributed by atoms with van der Waals surface area (Å²) in [5.41, 5.74) is 0.873. The summed E-state index contributed by atoms with van der Waals surface area (Å²) in [6.07, 6.45) is 4.71. The maximum absolute atomic E-state index is 5.58. The first-order valence-corrected chi connectivity index (χ1v) is 7.46. The van der Waals surface area contributed by atoms with E-state index in [1.807, 2.05) is 12.1 Å². The Morgan fingerprint density at radius 3 is 2.75 bits per heavy atom. The molecule has 1 aliphatic rings. The fourth-order valence-electron chi connectivity index (χ4n) is 2.38. The molecule has 0 saturated carbocycles. The van der Waals surface area contributed by atoms with Crippen molar-refractivity contribution < 1.29 is 14.0 Å². The predicted octanol–water partition coefficient (Wildman–Crippen LogP) is 3.79. The van der Waals surface area contributed by atoms with Gasteiger partial charge in [-0.15, -0.1) is 0 Å². The first-order chi connectivity index (χ1) is 9.56. The van der Waals surface area contributed by atoms with Crippen molar-refractivity contribution in [2.24, 2.45) is 5.92 Å². The third-order valence-corrected chi connectivity index (χ3v) is 3.93. The summed E-state index contributed by atoms with van der Waals surface area (Å²) in [6, 6.07) is 2.01. The van der Waals surface area contributed by atoms with E-state index in [-0.39, 0.29) is 12.0 Å². The molecule has 4 nitrogen and oxygen atoms in total. The molecule has 2 atom stereocenters. The summed E-state index contributed by atoms with van der Waals surface area (Å²) in [5.74, 6) is 2.22. The molecule has 0 aliphatic heterocycles. The van der Waals surface area contributed by atoms with Crippen LogP contribution in [0, 0.1) is 5.92 Å². The SMILES string of the molecule is COC1=C(Br)C=CC(c2cc(CC(C)C)on2)C1OC. The Balaban J connectivity index is 2.24. The lowest BCUT2D eigenvalue weighted by Gasteiger charge is -2.27. The number of aromatic nitrogens is 1. The Kier molecular flexibility index (Phi) is 5.05. The van der Waals surface area contributed by atoms with E-state index in [9.17, 15) is 0 Å². The summed E-state index contributed by atoms with van der Waals surface area (Å²) in [7, 11) is 3.32. The lowest BCUT2D eigenvalue weighted by atomic mass is 9.92. The molecule has 2 rings (SSSR count). The van der Waals surface area contributed by atoms with Crippen LogP contribution in [-0.2, 0) is 15.9 Å². The van der Waals surface area contributed by atoms with E-state index in [1.165, 1.54) is 0 Å². The Hall–Kier alpha value is -1.07. The van der Waals surface area contributed by atoms with Gasteiger partial charge in [0, 0.05) is 19.6 Å². The minimum atomic E-state index is -0.198. The van der Waals surface area contributed by atoms with Crippen LogP contribution in [-0.4, -0.2) is 25.5 Å². The van der Waals surface area contributed by atoms with Crippen molar-refractivity contribution >= 4 is 15.9 Å². The van der Waals surface area contributed by atoms with Gasteiger partial charge < -0.3 is 14.0 Å². The zero-order valence-electron chi connectivity index (χ0n) is 12.2. The maximum Gasteiger partial charge on any atom is 0.139 e. The van der Waals surface area contributed by atoms with Crippen molar-refractivity contribution in [2.75, 3.05) is 14.2 Å². The number of allylic oxidation sites excluding steroid dienone is 2. The van der Waals surface area contributed by atoms with Crippen molar-refractivity contribution in [3.63, 3.8) is 0 Å². The molecule has 0 saturated heterocycles. The number of methoxy groups -OCH3 is 2. The Bertz CT molecular complexity index is 519. The quantitative estimate of drug-likeness (QED) is 0.817. The van der Waals surface area contributed by atoms with Crippen LogP contribution in [0.2, 0.25) is 0 Å². The maximum atomic E-state index is 5.58. The number of nitrogens with zero attached hydrogens (tertiary/aromatic N) is 1. The molecule has 0 aromatic carbocycles. The smallest absolute Gasteiger partial charge is 0.139 e. The third-order valence-electron chi connectivity index (χ3n) is 3.27. The van der Waals surface area contributed by atoms with Gasteiger partial charge in [-0.3, -0.25) is 0 Å². The molecule has 110 valence electrons. The third kappa shape index (κ3) is 3.15. The normalized spacial score (nSPS) is 22.7. The fraction of sp³-hybridized carbons (Fsp3) is 0.533. The average molecular weight is 342 g/mol. The van der Waals surface area contributed by atoms with E-state index in [1.54, 1.807) is 14.2 Å². The zero-order chi connectivity index (χ0) is 14.7. The van der Waals surface area contributed by atoms with Gasteiger partial charge in [0.25, 0.3) is 0 Å². The molecule has 0 spiro atoms. The van der Waals surface area contributed by atoms with Gasteiger partial charge in [-0.2, -0.15) is 0 Å². The lowest BCUT2D eigenvalue weighted by Crippen LogP contribution is -2.26. The fourth-order valence-corrected chi connectivity index (χ4v) is 2.92. The highest BCUT2D eigenvalue weighted by Crippen LogP contribution is 2.35. The molecule has 1 heterocycles. The van der Waals surface area contributed by atoms with E-state index in [2.05, 4.69) is 41.0 Å². The molecule has 1 aromatic rings. The van der Waals surface area contributed by atoms with Gasteiger partial charge in [0.1, 0.15) is 17.6 Å². The highest BCUT2D eigenvalue weighted by molar-refractivity contribution is 9.11. The Morgan fingerprint density at radius 1 is 1.40 bits per heavy atom. The molecule has 1 aliphatic carbocycles. The number of ether oxygens (including phenoxy) is 2. The lowest BCUT2D eigenvalue weighted by molar-refractivity contribution is 0.0656. The van der Waals surface area contributed by atoms with Crippen LogP contribution in [0.1, 0.15) is 31.2 Å². The van der Waals surface area contributed by atoms with Crippen molar-refractivity contribution in [2.45, 2.75) is 32.3 Å². The molecule has 0 amide bonds. The monoisotopic (exact) mass is 341 g/mol. The zero-order valence-corrected chi connectivity index (χ0v) is 13.8.